The summed E-state index contributed by atoms with van der Waals surface area (Å²) in [5.41, 5.74) is 5.73. The van der Waals surface area contributed by atoms with Crippen LogP contribution in [-0.4, -0.2) is 37.9 Å². The smallest absolute Gasteiger partial charge is 0.280 e. The Morgan fingerprint density at radius 2 is 2.00 bits per heavy atom. The van der Waals surface area contributed by atoms with E-state index in [1.165, 1.54) is 19.3 Å². The second-order valence-electron chi connectivity index (χ2n) is 6.40. The number of fused-ring (bicyclic) bond motifs is 2. The fraction of sp³-hybridized carbons (Fsp3) is 1.00. The van der Waals surface area contributed by atoms with E-state index in [1.54, 1.807) is 4.31 Å². The number of hydrogen-bond donors (Lipinski definition) is 2. The molecule has 3 N–H and O–H groups in total. The van der Waals surface area contributed by atoms with E-state index in [-0.39, 0.29) is 12.1 Å². The number of nitrogens with zero attached hydrogens (tertiary/aromatic N) is 1. The molecule has 0 aromatic carbocycles. The van der Waals surface area contributed by atoms with Gasteiger partial charge >= 0.3 is 0 Å². The van der Waals surface area contributed by atoms with Crippen molar-refractivity contribution in [3.8, 4) is 0 Å². The second-order valence-corrected chi connectivity index (χ2v) is 8.06. The molecule has 19 heavy (non-hydrogen) atoms. The van der Waals surface area contributed by atoms with Gasteiger partial charge in [0, 0.05) is 25.2 Å². The van der Waals surface area contributed by atoms with Crippen molar-refractivity contribution in [3.63, 3.8) is 0 Å². The number of nitrogens with two attached hydrogens (primary N) is 1. The molecule has 3 rings (SSSR count). The van der Waals surface area contributed by atoms with Crippen molar-refractivity contribution in [2.75, 3.05) is 13.1 Å². The molecule has 1 aliphatic heterocycles. The van der Waals surface area contributed by atoms with Gasteiger partial charge < -0.3 is 5.73 Å². The summed E-state index contributed by atoms with van der Waals surface area (Å²) in [5, 5.41) is 0. The van der Waals surface area contributed by atoms with Gasteiger partial charge in [-0.2, -0.15) is 17.4 Å². The second kappa shape index (κ2) is 5.31. The van der Waals surface area contributed by atoms with Crippen molar-refractivity contribution in [3.05, 3.63) is 0 Å². The molecule has 1 heterocycles. The summed E-state index contributed by atoms with van der Waals surface area (Å²) in [6.07, 6.45) is 7.67. The highest BCUT2D eigenvalue weighted by molar-refractivity contribution is 7.87. The zero-order chi connectivity index (χ0) is 13.5. The van der Waals surface area contributed by atoms with Crippen LogP contribution in [0.25, 0.3) is 0 Å². The third-order valence-electron chi connectivity index (χ3n) is 5.19. The zero-order valence-electron chi connectivity index (χ0n) is 11.4. The molecule has 110 valence electrons. The molecule has 0 amide bonds. The highest BCUT2D eigenvalue weighted by atomic mass is 32.2. The van der Waals surface area contributed by atoms with Crippen LogP contribution in [0.3, 0.4) is 0 Å². The summed E-state index contributed by atoms with van der Waals surface area (Å²) in [6, 6.07) is 0.161. The lowest BCUT2D eigenvalue weighted by atomic mass is 9.96. The molecule has 4 atom stereocenters. The molecule has 0 aromatic rings. The highest BCUT2D eigenvalue weighted by Crippen LogP contribution is 2.44. The third-order valence-corrected chi connectivity index (χ3v) is 6.89. The number of nitrogens with one attached hydrogen (secondary N) is 1. The molecule has 6 heteroatoms. The predicted octanol–water partition coefficient (Wildman–Crippen LogP) is 0.823. The van der Waals surface area contributed by atoms with Crippen LogP contribution in [0, 0.1) is 11.8 Å². The van der Waals surface area contributed by atoms with Gasteiger partial charge in [-0.15, -0.1) is 0 Å². The van der Waals surface area contributed by atoms with Crippen molar-refractivity contribution >= 4 is 10.2 Å². The van der Waals surface area contributed by atoms with Crippen LogP contribution < -0.4 is 10.5 Å². The van der Waals surface area contributed by atoms with Gasteiger partial charge in [0.25, 0.3) is 10.2 Å². The molecule has 0 spiro atoms. The summed E-state index contributed by atoms with van der Waals surface area (Å²) >= 11 is 0. The molecule has 3 fully saturated rings. The van der Waals surface area contributed by atoms with E-state index in [0.29, 0.717) is 19.0 Å². The topological polar surface area (TPSA) is 75.4 Å². The lowest BCUT2D eigenvalue weighted by Gasteiger charge is -2.35. The Hall–Kier alpha value is -0.170. The SMILES string of the molecule is NCC1CCCCN1S(=O)(=O)NC1CC2CCC1C2. The zero-order valence-corrected chi connectivity index (χ0v) is 12.2. The van der Waals surface area contributed by atoms with Gasteiger partial charge in [-0.3, -0.25) is 0 Å². The Labute approximate surface area is 116 Å². The Morgan fingerprint density at radius 1 is 1.16 bits per heavy atom. The summed E-state index contributed by atoms with van der Waals surface area (Å²) in [4.78, 5) is 0. The van der Waals surface area contributed by atoms with Crippen LogP contribution in [0.1, 0.15) is 44.9 Å². The maximum absolute atomic E-state index is 12.5. The monoisotopic (exact) mass is 287 g/mol. The summed E-state index contributed by atoms with van der Waals surface area (Å²) in [5.74, 6) is 1.32. The van der Waals surface area contributed by atoms with Gasteiger partial charge in [0.2, 0.25) is 0 Å². The maximum Gasteiger partial charge on any atom is 0.280 e. The van der Waals surface area contributed by atoms with Crippen molar-refractivity contribution < 1.29 is 8.42 Å². The molecule has 3 aliphatic rings. The number of piperidine rings is 1. The first-order chi connectivity index (χ1) is 9.10. The van der Waals surface area contributed by atoms with Crippen LogP contribution in [0.15, 0.2) is 0 Å². The minimum atomic E-state index is -3.35. The van der Waals surface area contributed by atoms with E-state index in [1.807, 2.05) is 0 Å². The van der Waals surface area contributed by atoms with Crippen LogP contribution in [0.5, 0.6) is 0 Å². The molecular formula is C13H25N3O2S. The van der Waals surface area contributed by atoms with Crippen molar-refractivity contribution in [1.29, 1.82) is 0 Å². The fourth-order valence-electron chi connectivity index (χ4n) is 4.17. The van der Waals surface area contributed by atoms with Gasteiger partial charge in [-0.25, -0.2) is 0 Å². The van der Waals surface area contributed by atoms with E-state index < -0.39 is 10.2 Å². The van der Waals surface area contributed by atoms with E-state index in [0.717, 1.165) is 31.6 Å². The average Bonchev–Trinajstić information content (AvgIpc) is 3.00. The first-order valence-electron chi connectivity index (χ1n) is 7.59. The summed E-state index contributed by atoms with van der Waals surface area (Å²) in [7, 11) is -3.35. The first kappa shape index (κ1) is 13.8. The minimum Gasteiger partial charge on any atom is -0.329 e. The molecule has 1 saturated heterocycles. The molecule has 2 saturated carbocycles. The van der Waals surface area contributed by atoms with E-state index >= 15 is 0 Å². The van der Waals surface area contributed by atoms with Crippen molar-refractivity contribution in [2.45, 2.75) is 57.0 Å². The molecule has 2 bridgehead atoms. The Bertz CT molecular complexity index is 426. The molecule has 4 unspecified atom stereocenters. The molecule has 5 nitrogen and oxygen atoms in total. The average molecular weight is 287 g/mol. The van der Waals surface area contributed by atoms with Crippen LogP contribution >= 0.6 is 0 Å². The number of hydrogen-bond acceptors (Lipinski definition) is 3. The Kier molecular flexibility index (Phi) is 3.86. The van der Waals surface area contributed by atoms with E-state index in [2.05, 4.69) is 4.72 Å². The molecule has 0 aromatic heterocycles. The van der Waals surface area contributed by atoms with Crippen molar-refractivity contribution in [2.24, 2.45) is 17.6 Å². The van der Waals surface area contributed by atoms with Gasteiger partial charge in [-0.1, -0.05) is 12.8 Å². The highest BCUT2D eigenvalue weighted by Gasteiger charge is 2.43. The van der Waals surface area contributed by atoms with Crippen LogP contribution in [0.4, 0.5) is 0 Å². The fourth-order valence-corrected chi connectivity index (χ4v) is 5.93. The quantitative estimate of drug-likeness (QED) is 0.804. The molecule has 0 radical (unpaired) electrons. The molecular weight excluding hydrogens is 262 g/mol. The minimum absolute atomic E-state index is 0.00941. The van der Waals surface area contributed by atoms with Crippen LogP contribution in [-0.2, 0) is 10.2 Å². The van der Waals surface area contributed by atoms with E-state index in [4.69, 9.17) is 5.73 Å². The maximum atomic E-state index is 12.5. The Morgan fingerprint density at radius 3 is 2.63 bits per heavy atom. The van der Waals surface area contributed by atoms with Crippen molar-refractivity contribution in [1.82, 2.24) is 9.03 Å². The van der Waals surface area contributed by atoms with Gasteiger partial charge in [-0.05, 0) is 43.9 Å². The standard InChI is InChI=1S/C13H25N3O2S/c14-9-12-3-1-2-6-16(12)19(17,18)15-13-8-10-4-5-11(13)7-10/h10-13,15H,1-9,14H2. The van der Waals surface area contributed by atoms with Gasteiger partial charge in [0.05, 0.1) is 0 Å². The van der Waals surface area contributed by atoms with Gasteiger partial charge in [0.15, 0.2) is 0 Å². The first-order valence-corrected chi connectivity index (χ1v) is 9.03. The van der Waals surface area contributed by atoms with Gasteiger partial charge in [0.1, 0.15) is 0 Å². The predicted molar refractivity (Wildman–Crippen MR) is 74.7 cm³/mol. The van der Waals surface area contributed by atoms with Crippen LogP contribution in [0.2, 0.25) is 0 Å². The summed E-state index contributed by atoms with van der Waals surface area (Å²) < 4.78 is 29.7. The number of rotatable bonds is 4. The summed E-state index contributed by atoms with van der Waals surface area (Å²) in [6.45, 7) is 1.05. The Balaban J connectivity index is 1.68. The normalized spacial score (nSPS) is 39.8. The lowest BCUT2D eigenvalue weighted by molar-refractivity contribution is 0.250. The van der Waals surface area contributed by atoms with E-state index in [9.17, 15) is 8.42 Å². The third kappa shape index (κ3) is 2.68. The largest absolute Gasteiger partial charge is 0.329 e. The molecule has 2 aliphatic carbocycles. The lowest BCUT2D eigenvalue weighted by Crippen LogP contribution is -2.54.